The van der Waals surface area contributed by atoms with Gasteiger partial charge in [0.1, 0.15) is 0 Å². The van der Waals surface area contributed by atoms with Crippen LogP contribution >= 0.6 is 11.6 Å². The van der Waals surface area contributed by atoms with Gasteiger partial charge >= 0.3 is 0 Å². The summed E-state index contributed by atoms with van der Waals surface area (Å²) in [6, 6.07) is 6.19. The van der Waals surface area contributed by atoms with E-state index in [1.165, 1.54) is 11.1 Å². The molecule has 0 aliphatic carbocycles. The second-order valence-electron chi connectivity index (χ2n) is 3.51. The maximum absolute atomic E-state index is 9.28. The average molecular weight is 214 g/mol. The summed E-state index contributed by atoms with van der Waals surface area (Å²) < 4.78 is 0. The Morgan fingerprint density at radius 2 is 2.14 bits per heavy atom. The molecule has 0 radical (unpaired) electrons. The molecule has 14 heavy (non-hydrogen) atoms. The van der Waals surface area contributed by atoms with E-state index in [0.29, 0.717) is 6.54 Å². The lowest BCUT2D eigenvalue weighted by Crippen LogP contribution is -2.21. The molecule has 0 amide bonds. The van der Waals surface area contributed by atoms with E-state index in [1.807, 2.05) is 13.8 Å². The predicted octanol–water partition coefficient (Wildman–Crippen LogP) is 2.32. The molecular formula is C11H16ClNO. The Hall–Kier alpha value is -0.730. The van der Waals surface area contributed by atoms with Crippen LogP contribution in [0.2, 0.25) is 0 Å². The molecule has 0 aromatic heterocycles. The van der Waals surface area contributed by atoms with Crippen molar-refractivity contribution in [1.29, 1.82) is 0 Å². The number of hydrogen-bond donors (Lipinski definition) is 2. The number of benzene rings is 1. The van der Waals surface area contributed by atoms with Gasteiger partial charge in [-0.2, -0.15) is 0 Å². The molecule has 0 aliphatic heterocycles. The number of rotatable bonds is 4. The molecule has 3 heteroatoms. The number of nitrogens with one attached hydrogen (secondary N) is 1. The van der Waals surface area contributed by atoms with Gasteiger partial charge in [-0.1, -0.05) is 12.1 Å². The van der Waals surface area contributed by atoms with Gasteiger partial charge in [-0.25, -0.2) is 0 Å². The summed E-state index contributed by atoms with van der Waals surface area (Å²) in [5, 5.41) is 12.5. The average Bonchev–Trinajstić information content (AvgIpc) is 2.19. The van der Waals surface area contributed by atoms with Gasteiger partial charge in [0.15, 0.2) is 0 Å². The Balaban J connectivity index is 2.62. The fourth-order valence-corrected chi connectivity index (χ4v) is 1.32. The molecule has 0 spiro atoms. The van der Waals surface area contributed by atoms with Crippen LogP contribution in [0.3, 0.4) is 0 Å². The van der Waals surface area contributed by atoms with Crippen LogP contribution in [0.4, 0.5) is 5.69 Å². The molecule has 0 fully saturated rings. The lowest BCUT2D eigenvalue weighted by Gasteiger charge is -2.12. The van der Waals surface area contributed by atoms with E-state index in [1.54, 1.807) is 0 Å². The van der Waals surface area contributed by atoms with Crippen LogP contribution in [-0.2, 0) is 0 Å². The van der Waals surface area contributed by atoms with Crippen molar-refractivity contribution in [3.63, 3.8) is 0 Å². The maximum atomic E-state index is 9.28. The summed E-state index contributed by atoms with van der Waals surface area (Å²) in [6.07, 6.45) is -0.489. The minimum atomic E-state index is -0.489. The molecule has 2 nitrogen and oxygen atoms in total. The van der Waals surface area contributed by atoms with E-state index in [4.69, 9.17) is 11.6 Å². The number of anilines is 1. The third-order valence-electron chi connectivity index (χ3n) is 2.10. The van der Waals surface area contributed by atoms with Crippen LogP contribution in [0.5, 0.6) is 0 Å². The van der Waals surface area contributed by atoms with Crippen molar-refractivity contribution >= 4 is 17.3 Å². The molecule has 0 saturated carbocycles. The highest BCUT2D eigenvalue weighted by molar-refractivity contribution is 6.18. The quantitative estimate of drug-likeness (QED) is 0.753. The van der Waals surface area contributed by atoms with Gasteiger partial charge in [-0.05, 0) is 31.0 Å². The van der Waals surface area contributed by atoms with Crippen molar-refractivity contribution in [2.45, 2.75) is 20.0 Å². The first-order valence-corrected chi connectivity index (χ1v) is 5.22. The molecule has 1 aromatic rings. The zero-order valence-corrected chi connectivity index (χ0v) is 9.30. The van der Waals surface area contributed by atoms with Gasteiger partial charge in [-0.3, -0.25) is 0 Å². The van der Waals surface area contributed by atoms with Crippen LogP contribution in [-0.4, -0.2) is 23.6 Å². The zero-order valence-electron chi connectivity index (χ0n) is 8.55. The highest BCUT2D eigenvalue weighted by atomic mass is 35.5. The van der Waals surface area contributed by atoms with E-state index in [2.05, 4.69) is 23.5 Å². The van der Waals surface area contributed by atoms with Crippen molar-refractivity contribution in [2.75, 3.05) is 17.7 Å². The Labute approximate surface area is 89.9 Å². The fraction of sp³-hybridized carbons (Fsp3) is 0.455. The van der Waals surface area contributed by atoms with Gasteiger partial charge < -0.3 is 10.4 Å². The minimum absolute atomic E-state index is 0.262. The van der Waals surface area contributed by atoms with Gasteiger partial charge in [0, 0.05) is 12.2 Å². The number of aryl methyl sites for hydroxylation is 2. The first-order chi connectivity index (χ1) is 6.63. The van der Waals surface area contributed by atoms with Crippen LogP contribution in [0.1, 0.15) is 11.1 Å². The van der Waals surface area contributed by atoms with Crippen molar-refractivity contribution in [3.05, 3.63) is 29.3 Å². The molecule has 0 aliphatic rings. The number of aliphatic hydroxyl groups excluding tert-OH is 1. The van der Waals surface area contributed by atoms with Gasteiger partial charge in [0.25, 0.3) is 0 Å². The minimum Gasteiger partial charge on any atom is -0.390 e. The van der Waals surface area contributed by atoms with Gasteiger partial charge in [0.05, 0.1) is 12.0 Å². The Morgan fingerprint density at radius 1 is 1.43 bits per heavy atom. The van der Waals surface area contributed by atoms with Crippen LogP contribution < -0.4 is 5.32 Å². The third-order valence-corrected chi connectivity index (χ3v) is 2.46. The van der Waals surface area contributed by atoms with E-state index in [9.17, 15) is 5.11 Å². The highest BCUT2D eigenvalue weighted by Crippen LogP contribution is 2.16. The predicted molar refractivity (Wildman–Crippen MR) is 61.1 cm³/mol. The topological polar surface area (TPSA) is 32.3 Å². The van der Waals surface area contributed by atoms with E-state index < -0.39 is 6.10 Å². The highest BCUT2D eigenvalue weighted by Gasteiger charge is 2.03. The molecule has 1 atom stereocenters. The molecule has 2 N–H and O–H groups in total. The Bertz CT molecular complexity index is 301. The molecule has 1 unspecified atom stereocenters. The summed E-state index contributed by atoms with van der Waals surface area (Å²) in [6.45, 7) is 4.57. The SMILES string of the molecule is Cc1ccc(C)c(NCC(O)CCl)c1. The summed E-state index contributed by atoms with van der Waals surface area (Å²) in [5.41, 5.74) is 3.45. The molecular weight excluding hydrogens is 198 g/mol. The lowest BCUT2D eigenvalue weighted by molar-refractivity contribution is 0.211. The monoisotopic (exact) mass is 213 g/mol. The maximum Gasteiger partial charge on any atom is 0.0847 e. The standard InChI is InChI=1S/C11H16ClNO/c1-8-3-4-9(2)11(5-8)13-7-10(14)6-12/h3-5,10,13-14H,6-7H2,1-2H3. The normalized spacial score (nSPS) is 12.6. The number of aliphatic hydroxyl groups is 1. The van der Waals surface area contributed by atoms with Gasteiger partial charge in [-0.15, -0.1) is 11.6 Å². The summed E-state index contributed by atoms with van der Waals surface area (Å²) in [4.78, 5) is 0. The van der Waals surface area contributed by atoms with Crippen molar-refractivity contribution in [3.8, 4) is 0 Å². The first kappa shape index (κ1) is 11.3. The summed E-state index contributed by atoms with van der Waals surface area (Å²) >= 11 is 5.50. The Morgan fingerprint density at radius 3 is 2.79 bits per heavy atom. The lowest BCUT2D eigenvalue weighted by atomic mass is 10.1. The van der Waals surface area contributed by atoms with Crippen molar-refractivity contribution < 1.29 is 5.11 Å². The van der Waals surface area contributed by atoms with Crippen LogP contribution in [0.15, 0.2) is 18.2 Å². The number of halogens is 1. The molecule has 0 heterocycles. The van der Waals surface area contributed by atoms with E-state index >= 15 is 0 Å². The molecule has 0 bridgehead atoms. The molecule has 0 saturated heterocycles. The largest absolute Gasteiger partial charge is 0.390 e. The van der Waals surface area contributed by atoms with E-state index in [0.717, 1.165) is 5.69 Å². The van der Waals surface area contributed by atoms with E-state index in [-0.39, 0.29) is 5.88 Å². The molecule has 78 valence electrons. The number of alkyl halides is 1. The van der Waals surface area contributed by atoms with Crippen LogP contribution in [0, 0.1) is 13.8 Å². The van der Waals surface area contributed by atoms with Gasteiger partial charge in [0.2, 0.25) is 0 Å². The summed E-state index contributed by atoms with van der Waals surface area (Å²) in [7, 11) is 0. The second-order valence-corrected chi connectivity index (χ2v) is 3.82. The van der Waals surface area contributed by atoms with Crippen molar-refractivity contribution in [1.82, 2.24) is 0 Å². The number of hydrogen-bond acceptors (Lipinski definition) is 2. The summed E-state index contributed by atoms with van der Waals surface area (Å²) in [5.74, 6) is 0.262. The smallest absolute Gasteiger partial charge is 0.0847 e. The molecule has 1 rings (SSSR count). The first-order valence-electron chi connectivity index (χ1n) is 4.68. The fourth-order valence-electron chi connectivity index (χ4n) is 1.21. The zero-order chi connectivity index (χ0) is 10.6. The second kappa shape index (κ2) is 5.23. The van der Waals surface area contributed by atoms with Crippen molar-refractivity contribution in [2.24, 2.45) is 0 Å². The van der Waals surface area contributed by atoms with Crippen LogP contribution in [0.25, 0.3) is 0 Å². The molecule has 1 aromatic carbocycles. The Kier molecular flexibility index (Phi) is 4.23. The third kappa shape index (κ3) is 3.20.